The monoisotopic (exact) mass is 203 g/mol. The first kappa shape index (κ1) is 13.0. The van der Waals surface area contributed by atoms with Crippen LogP contribution in [0.1, 0.15) is 39.5 Å². The van der Waals surface area contributed by atoms with Crippen molar-refractivity contribution in [1.82, 2.24) is 4.90 Å². The van der Waals surface area contributed by atoms with Crippen molar-refractivity contribution in [3.8, 4) is 0 Å². The zero-order valence-corrected chi connectivity index (χ0v) is 9.74. The van der Waals surface area contributed by atoms with Crippen molar-refractivity contribution in [2.45, 2.75) is 39.5 Å². The molecule has 0 atom stereocenters. The zero-order chi connectivity index (χ0) is 10.1. The summed E-state index contributed by atoms with van der Waals surface area (Å²) in [7, 11) is 0. The quantitative estimate of drug-likeness (QED) is 0.582. The van der Waals surface area contributed by atoms with Crippen LogP contribution in [0, 0.1) is 0 Å². The molecule has 0 bridgehead atoms. The third-order valence-corrected chi connectivity index (χ3v) is 2.17. The van der Waals surface area contributed by atoms with Crippen molar-refractivity contribution < 1.29 is 0 Å². The average molecular weight is 204 g/mol. The molecule has 0 heterocycles. The van der Waals surface area contributed by atoms with Gasteiger partial charge in [0.15, 0.2) is 0 Å². The van der Waals surface area contributed by atoms with E-state index < -0.39 is 0 Å². The molecule has 0 saturated carbocycles. The summed E-state index contributed by atoms with van der Waals surface area (Å²) in [6.07, 6.45) is 5.01. The van der Waals surface area contributed by atoms with E-state index in [1.807, 2.05) is 0 Å². The molecule has 2 heteroatoms. The van der Waals surface area contributed by atoms with E-state index in [1.165, 1.54) is 25.7 Å². The smallest absolute Gasteiger partial charge is 0.0335 e. The highest BCUT2D eigenvalue weighted by Crippen LogP contribution is 2.05. The van der Waals surface area contributed by atoms with Gasteiger partial charge in [0.05, 0.1) is 0 Å². The van der Waals surface area contributed by atoms with Crippen molar-refractivity contribution in [3.63, 3.8) is 0 Å². The van der Waals surface area contributed by atoms with Crippen LogP contribution < -0.4 is 0 Å². The molecule has 0 radical (unpaired) electrons. The van der Waals surface area contributed by atoms with Crippen molar-refractivity contribution in [2.75, 3.05) is 19.6 Å². The molecule has 0 N–H and O–H groups in total. The Labute approximate surface area is 87.8 Å². The lowest BCUT2D eigenvalue weighted by molar-refractivity contribution is 0.290. The predicted octanol–water partition coefficient (Wildman–Crippen LogP) is 3.64. The van der Waals surface area contributed by atoms with Gasteiger partial charge in [0.25, 0.3) is 0 Å². The lowest BCUT2D eigenvalue weighted by atomic mass is 10.2. The molecular weight excluding hydrogens is 182 g/mol. The largest absolute Gasteiger partial charge is 0.298 e. The highest BCUT2D eigenvalue weighted by atomic mass is 35.5. The van der Waals surface area contributed by atoms with Gasteiger partial charge in [-0.3, -0.25) is 4.90 Å². The molecule has 0 aromatic heterocycles. The van der Waals surface area contributed by atoms with E-state index in [0.717, 1.165) is 24.7 Å². The van der Waals surface area contributed by atoms with Crippen LogP contribution >= 0.6 is 11.6 Å². The number of rotatable bonds is 8. The fourth-order valence-electron chi connectivity index (χ4n) is 1.28. The van der Waals surface area contributed by atoms with Gasteiger partial charge >= 0.3 is 0 Å². The van der Waals surface area contributed by atoms with E-state index in [9.17, 15) is 0 Å². The second-order valence-corrected chi connectivity index (χ2v) is 4.04. The van der Waals surface area contributed by atoms with Gasteiger partial charge in [0.1, 0.15) is 0 Å². The Morgan fingerprint density at radius 1 is 1.15 bits per heavy atom. The molecule has 0 unspecified atom stereocenters. The fourth-order valence-corrected chi connectivity index (χ4v) is 1.45. The van der Waals surface area contributed by atoms with Gasteiger partial charge in [0.2, 0.25) is 0 Å². The van der Waals surface area contributed by atoms with Gasteiger partial charge < -0.3 is 0 Å². The number of hydrogen-bond donors (Lipinski definition) is 0. The van der Waals surface area contributed by atoms with Crippen LogP contribution in [-0.2, 0) is 0 Å². The van der Waals surface area contributed by atoms with Crippen molar-refractivity contribution in [1.29, 1.82) is 0 Å². The summed E-state index contributed by atoms with van der Waals surface area (Å²) in [6.45, 7) is 11.3. The van der Waals surface area contributed by atoms with Crippen LogP contribution in [0.5, 0.6) is 0 Å². The molecule has 1 nitrogen and oxygen atoms in total. The lowest BCUT2D eigenvalue weighted by Gasteiger charge is -2.20. The molecule has 0 aromatic carbocycles. The lowest BCUT2D eigenvalue weighted by Crippen LogP contribution is -2.27. The maximum absolute atomic E-state index is 5.79. The van der Waals surface area contributed by atoms with Crippen LogP contribution in [0.25, 0.3) is 0 Å². The van der Waals surface area contributed by atoms with Gasteiger partial charge in [-0.1, -0.05) is 44.9 Å². The normalized spacial score (nSPS) is 10.8. The Hall–Kier alpha value is -0.0100. The molecule has 0 spiro atoms. The molecule has 0 saturated heterocycles. The summed E-state index contributed by atoms with van der Waals surface area (Å²) < 4.78 is 0. The first-order valence-electron chi connectivity index (χ1n) is 5.26. The highest BCUT2D eigenvalue weighted by molar-refractivity contribution is 6.29. The molecule has 0 aliphatic heterocycles. The van der Waals surface area contributed by atoms with Crippen LogP contribution in [-0.4, -0.2) is 24.5 Å². The van der Waals surface area contributed by atoms with Crippen molar-refractivity contribution >= 4 is 11.6 Å². The van der Waals surface area contributed by atoms with E-state index in [1.54, 1.807) is 0 Å². The van der Waals surface area contributed by atoms with Gasteiger partial charge in [-0.05, 0) is 25.9 Å². The average Bonchev–Trinajstić information content (AvgIpc) is 2.09. The molecule has 0 aliphatic rings. The third kappa shape index (κ3) is 8.32. The predicted molar refractivity (Wildman–Crippen MR) is 61.2 cm³/mol. The van der Waals surface area contributed by atoms with Gasteiger partial charge in [-0.25, -0.2) is 0 Å². The fraction of sp³-hybridized carbons (Fsp3) is 0.818. The zero-order valence-electron chi connectivity index (χ0n) is 8.98. The van der Waals surface area contributed by atoms with E-state index in [-0.39, 0.29) is 0 Å². The first-order valence-corrected chi connectivity index (χ1v) is 5.64. The number of hydrogen-bond acceptors (Lipinski definition) is 1. The molecule has 13 heavy (non-hydrogen) atoms. The van der Waals surface area contributed by atoms with Crippen LogP contribution in [0.15, 0.2) is 11.6 Å². The topological polar surface area (TPSA) is 3.24 Å². The Morgan fingerprint density at radius 3 is 1.92 bits per heavy atom. The standard InChI is InChI=1S/C11H22ClN/c1-4-6-8-13(9-7-5-2)10-11(3)12/h3-10H2,1-2H3. The summed E-state index contributed by atoms with van der Waals surface area (Å²) >= 11 is 5.79. The molecule has 78 valence electrons. The Kier molecular flexibility index (Phi) is 8.58. The number of halogens is 1. The second-order valence-electron chi connectivity index (χ2n) is 3.50. The minimum absolute atomic E-state index is 0.757. The molecule has 0 aliphatic carbocycles. The van der Waals surface area contributed by atoms with Crippen LogP contribution in [0.2, 0.25) is 0 Å². The Balaban J connectivity index is 3.66. The maximum Gasteiger partial charge on any atom is 0.0335 e. The van der Waals surface area contributed by atoms with Crippen LogP contribution in [0.3, 0.4) is 0 Å². The molecule has 0 fully saturated rings. The van der Waals surface area contributed by atoms with Gasteiger partial charge in [-0.15, -0.1) is 0 Å². The Morgan fingerprint density at radius 2 is 1.62 bits per heavy atom. The van der Waals surface area contributed by atoms with E-state index in [4.69, 9.17) is 11.6 Å². The first-order chi connectivity index (χ1) is 6.20. The number of nitrogens with zero attached hydrogens (tertiary/aromatic N) is 1. The summed E-state index contributed by atoms with van der Waals surface area (Å²) in [6, 6.07) is 0. The minimum atomic E-state index is 0.757. The van der Waals surface area contributed by atoms with E-state index >= 15 is 0 Å². The number of unbranched alkanes of at least 4 members (excludes halogenated alkanes) is 2. The van der Waals surface area contributed by atoms with E-state index in [2.05, 4.69) is 25.3 Å². The molecule has 0 amide bonds. The second kappa shape index (κ2) is 8.58. The summed E-state index contributed by atoms with van der Waals surface area (Å²) in [5, 5.41) is 0.757. The highest BCUT2D eigenvalue weighted by Gasteiger charge is 2.03. The Bertz CT molecular complexity index is 126. The molecular formula is C11H22ClN. The van der Waals surface area contributed by atoms with Crippen molar-refractivity contribution in [2.24, 2.45) is 0 Å². The maximum atomic E-state index is 5.79. The summed E-state index contributed by atoms with van der Waals surface area (Å²) in [4.78, 5) is 2.39. The SMILES string of the molecule is C=C(Cl)CN(CCCC)CCCC. The third-order valence-electron chi connectivity index (χ3n) is 2.05. The van der Waals surface area contributed by atoms with E-state index in [0.29, 0.717) is 0 Å². The summed E-state index contributed by atoms with van der Waals surface area (Å²) in [5.74, 6) is 0. The van der Waals surface area contributed by atoms with Gasteiger partial charge in [-0.2, -0.15) is 0 Å². The molecule has 0 rings (SSSR count). The molecule has 0 aromatic rings. The van der Waals surface area contributed by atoms with Crippen LogP contribution in [0.4, 0.5) is 0 Å². The van der Waals surface area contributed by atoms with Crippen molar-refractivity contribution in [3.05, 3.63) is 11.6 Å². The minimum Gasteiger partial charge on any atom is -0.298 e. The van der Waals surface area contributed by atoms with Gasteiger partial charge in [0, 0.05) is 11.6 Å². The summed E-state index contributed by atoms with van der Waals surface area (Å²) in [5.41, 5.74) is 0.